The SMILES string of the molecule is O=S(=O)(NCCOc1ccccc1)c1ccc(CO)cn1. The number of nitrogens with zero attached hydrogens (tertiary/aromatic N) is 1. The van der Waals surface area contributed by atoms with Crippen LogP contribution in [0.15, 0.2) is 53.7 Å². The number of rotatable bonds is 7. The molecule has 0 bridgehead atoms. The molecule has 0 atom stereocenters. The van der Waals surface area contributed by atoms with Crippen LogP contribution in [0.5, 0.6) is 5.75 Å². The number of hydrogen-bond donors (Lipinski definition) is 2. The molecule has 0 spiro atoms. The number of para-hydroxylation sites is 1. The van der Waals surface area contributed by atoms with E-state index in [2.05, 4.69) is 9.71 Å². The van der Waals surface area contributed by atoms with Gasteiger partial charge in [0.05, 0.1) is 6.61 Å². The first-order chi connectivity index (χ1) is 10.1. The minimum atomic E-state index is -3.66. The number of aliphatic hydroxyl groups is 1. The summed E-state index contributed by atoms with van der Waals surface area (Å²) >= 11 is 0. The lowest BCUT2D eigenvalue weighted by Crippen LogP contribution is -2.28. The minimum absolute atomic E-state index is 0.0839. The Morgan fingerprint density at radius 1 is 1.14 bits per heavy atom. The van der Waals surface area contributed by atoms with Crippen molar-refractivity contribution in [1.82, 2.24) is 9.71 Å². The zero-order valence-electron chi connectivity index (χ0n) is 11.3. The Hall–Kier alpha value is -1.96. The highest BCUT2D eigenvalue weighted by Gasteiger charge is 2.14. The maximum Gasteiger partial charge on any atom is 0.258 e. The smallest absolute Gasteiger partial charge is 0.258 e. The lowest BCUT2D eigenvalue weighted by molar-refractivity contribution is 0.281. The molecule has 0 amide bonds. The van der Waals surface area contributed by atoms with Crippen molar-refractivity contribution in [1.29, 1.82) is 0 Å². The summed E-state index contributed by atoms with van der Waals surface area (Å²) in [6.07, 6.45) is 1.33. The van der Waals surface area contributed by atoms with E-state index in [4.69, 9.17) is 9.84 Å². The molecule has 0 fully saturated rings. The quantitative estimate of drug-likeness (QED) is 0.743. The molecule has 6 nitrogen and oxygen atoms in total. The standard InChI is InChI=1S/C14H16N2O4S/c17-11-12-6-7-14(15-10-12)21(18,19)16-8-9-20-13-4-2-1-3-5-13/h1-7,10,16-17H,8-9,11H2. The van der Waals surface area contributed by atoms with Gasteiger partial charge in [0.1, 0.15) is 12.4 Å². The minimum Gasteiger partial charge on any atom is -0.492 e. The number of benzene rings is 1. The van der Waals surface area contributed by atoms with Crippen molar-refractivity contribution < 1.29 is 18.3 Å². The van der Waals surface area contributed by atoms with Gasteiger partial charge >= 0.3 is 0 Å². The Morgan fingerprint density at radius 2 is 1.90 bits per heavy atom. The summed E-state index contributed by atoms with van der Waals surface area (Å²) in [5, 5.41) is 8.81. The van der Waals surface area contributed by atoms with Crippen LogP contribution >= 0.6 is 0 Å². The Morgan fingerprint density at radius 3 is 2.52 bits per heavy atom. The third-order valence-electron chi connectivity index (χ3n) is 2.66. The van der Waals surface area contributed by atoms with Crippen LogP contribution in [0.3, 0.4) is 0 Å². The average Bonchev–Trinajstić information content (AvgIpc) is 2.53. The van der Waals surface area contributed by atoms with E-state index >= 15 is 0 Å². The van der Waals surface area contributed by atoms with E-state index in [1.54, 1.807) is 12.1 Å². The van der Waals surface area contributed by atoms with Gasteiger partial charge in [-0.05, 0) is 23.8 Å². The predicted octanol–water partition coefficient (Wildman–Crippen LogP) is 0.931. The average molecular weight is 308 g/mol. The number of nitrogens with one attached hydrogen (secondary N) is 1. The molecule has 2 N–H and O–H groups in total. The van der Waals surface area contributed by atoms with Crippen molar-refractivity contribution in [2.75, 3.05) is 13.2 Å². The highest BCUT2D eigenvalue weighted by atomic mass is 32.2. The van der Waals surface area contributed by atoms with Crippen molar-refractivity contribution in [3.8, 4) is 5.75 Å². The summed E-state index contributed by atoms with van der Waals surface area (Å²) in [7, 11) is -3.66. The second kappa shape index (κ2) is 7.16. The number of aromatic nitrogens is 1. The Bertz CT molecular complexity index is 657. The first-order valence-electron chi connectivity index (χ1n) is 6.35. The summed E-state index contributed by atoms with van der Waals surface area (Å²) in [4.78, 5) is 3.81. The molecule has 0 radical (unpaired) electrons. The molecule has 7 heteroatoms. The van der Waals surface area contributed by atoms with E-state index in [1.165, 1.54) is 18.3 Å². The normalized spacial score (nSPS) is 11.3. The Labute approximate surface area is 123 Å². The molecule has 0 saturated carbocycles. The molecule has 1 aromatic heterocycles. The van der Waals surface area contributed by atoms with Crippen molar-refractivity contribution in [2.24, 2.45) is 0 Å². The second-order valence-corrected chi connectivity index (χ2v) is 5.94. The molecule has 21 heavy (non-hydrogen) atoms. The zero-order valence-corrected chi connectivity index (χ0v) is 12.1. The van der Waals surface area contributed by atoms with E-state index in [1.807, 2.05) is 18.2 Å². The molecule has 0 aliphatic carbocycles. The summed E-state index contributed by atoms with van der Waals surface area (Å²) in [5.74, 6) is 0.683. The van der Waals surface area contributed by atoms with Gasteiger partial charge in [-0.15, -0.1) is 0 Å². The summed E-state index contributed by atoms with van der Waals surface area (Å²) < 4.78 is 31.7. The molecular weight excluding hydrogens is 292 g/mol. The van der Waals surface area contributed by atoms with Crippen LogP contribution in [0.4, 0.5) is 0 Å². The van der Waals surface area contributed by atoms with Gasteiger partial charge in [-0.25, -0.2) is 18.1 Å². The van der Waals surface area contributed by atoms with Crippen molar-refractivity contribution in [3.05, 3.63) is 54.2 Å². The lowest BCUT2D eigenvalue weighted by atomic mass is 10.3. The van der Waals surface area contributed by atoms with E-state index in [-0.39, 0.29) is 24.8 Å². The van der Waals surface area contributed by atoms with Crippen LogP contribution in [-0.2, 0) is 16.6 Å². The van der Waals surface area contributed by atoms with Crippen LogP contribution in [-0.4, -0.2) is 31.7 Å². The van der Waals surface area contributed by atoms with E-state index < -0.39 is 10.0 Å². The van der Waals surface area contributed by atoms with Gasteiger partial charge in [0, 0.05) is 12.7 Å². The topological polar surface area (TPSA) is 88.5 Å². The largest absolute Gasteiger partial charge is 0.492 e. The Kier molecular flexibility index (Phi) is 5.26. The maximum absolute atomic E-state index is 12.0. The lowest BCUT2D eigenvalue weighted by Gasteiger charge is -2.08. The summed E-state index contributed by atoms with van der Waals surface area (Å²) in [6, 6.07) is 12.0. The van der Waals surface area contributed by atoms with Gasteiger partial charge in [0.25, 0.3) is 10.0 Å². The van der Waals surface area contributed by atoms with E-state index in [0.717, 1.165) is 0 Å². The molecule has 112 valence electrons. The first kappa shape index (κ1) is 15.4. The first-order valence-corrected chi connectivity index (χ1v) is 7.83. The van der Waals surface area contributed by atoms with Crippen molar-refractivity contribution >= 4 is 10.0 Å². The summed E-state index contributed by atoms with van der Waals surface area (Å²) in [5.41, 5.74) is 0.557. The Balaban J connectivity index is 1.86. The second-order valence-electron chi connectivity index (χ2n) is 4.22. The third kappa shape index (κ3) is 4.52. The van der Waals surface area contributed by atoms with Crippen LogP contribution in [0.25, 0.3) is 0 Å². The predicted molar refractivity (Wildman–Crippen MR) is 77.3 cm³/mol. The van der Waals surface area contributed by atoms with Gasteiger partial charge in [-0.3, -0.25) is 0 Å². The molecule has 0 unspecified atom stereocenters. The molecule has 0 aliphatic rings. The van der Waals surface area contributed by atoms with Crippen molar-refractivity contribution in [3.63, 3.8) is 0 Å². The van der Waals surface area contributed by atoms with Crippen molar-refractivity contribution in [2.45, 2.75) is 11.6 Å². The van der Waals surface area contributed by atoms with Gasteiger partial charge < -0.3 is 9.84 Å². The van der Waals surface area contributed by atoms with Gasteiger partial charge in [-0.1, -0.05) is 24.3 Å². The summed E-state index contributed by atoms with van der Waals surface area (Å²) in [6.45, 7) is 0.185. The number of ether oxygens (including phenoxy) is 1. The molecule has 0 aliphatic heterocycles. The van der Waals surface area contributed by atoms with E-state index in [0.29, 0.717) is 11.3 Å². The molecule has 2 aromatic rings. The molecule has 0 saturated heterocycles. The molecule has 2 rings (SSSR count). The third-order valence-corrected chi connectivity index (χ3v) is 4.04. The molecular formula is C14H16N2O4S. The fourth-order valence-electron chi connectivity index (χ4n) is 1.60. The highest BCUT2D eigenvalue weighted by Crippen LogP contribution is 2.08. The van der Waals surface area contributed by atoms with Crippen LogP contribution in [0.2, 0.25) is 0 Å². The van der Waals surface area contributed by atoms with Gasteiger partial charge in [0.15, 0.2) is 5.03 Å². The van der Waals surface area contributed by atoms with Gasteiger partial charge in [-0.2, -0.15) is 0 Å². The van der Waals surface area contributed by atoms with Crippen LogP contribution < -0.4 is 9.46 Å². The zero-order chi connectivity index (χ0) is 15.1. The van der Waals surface area contributed by atoms with Gasteiger partial charge in [0.2, 0.25) is 0 Å². The molecule has 1 heterocycles. The monoisotopic (exact) mass is 308 g/mol. The highest BCUT2D eigenvalue weighted by molar-refractivity contribution is 7.89. The number of sulfonamides is 1. The fraction of sp³-hybridized carbons (Fsp3) is 0.214. The number of aliphatic hydroxyl groups excluding tert-OH is 1. The number of pyridine rings is 1. The maximum atomic E-state index is 12.0. The van der Waals surface area contributed by atoms with Crippen LogP contribution in [0, 0.1) is 0 Å². The van der Waals surface area contributed by atoms with E-state index in [9.17, 15) is 8.42 Å². The van der Waals surface area contributed by atoms with Crippen LogP contribution in [0.1, 0.15) is 5.56 Å². The fourth-order valence-corrected chi connectivity index (χ4v) is 2.54. The molecule has 1 aromatic carbocycles. The number of hydrogen-bond acceptors (Lipinski definition) is 5.